The number of hydrogen-bond acceptors (Lipinski definition) is 6. The van der Waals surface area contributed by atoms with E-state index in [0.29, 0.717) is 11.3 Å². The van der Waals surface area contributed by atoms with Crippen LogP contribution in [0.1, 0.15) is 12.5 Å². The summed E-state index contributed by atoms with van der Waals surface area (Å²) < 4.78 is 31.9. The number of non-ortho nitro benzene ring substituents is 1. The minimum atomic E-state index is -3.90. The van der Waals surface area contributed by atoms with Gasteiger partial charge in [-0.25, -0.2) is 8.42 Å². The van der Waals surface area contributed by atoms with Gasteiger partial charge in [0.15, 0.2) is 0 Å². The number of aryl methyl sites for hydroxylation is 1. The van der Waals surface area contributed by atoms with E-state index in [1.54, 1.807) is 19.9 Å². The lowest BCUT2D eigenvalue weighted by molar-refractivity contribution is -0.384. The quantitative estimate of drug-likeness (QED) is 0.531. The Hall–Kier alpha value is -2.98. The van der Waals surface area contributed by atoms with E-state index in [-0.39, 0.29) is 22.8 Å². The van der Waals surface area contributed by atoms with Crippen LogP contribution in [-0.4, -0.2) is 43.8 Å². The summed E-state index contributed by atoms with van der Waals surface area (Å²) in [7, 11) is -2.41. The molecule has 1 amide bonds. The molecule has 2 rings (SSSR count). The number of ether oxygens (including phenoxy) is 1. The van der Waals surface area contributed by atoms with Gasteiger partial charge in [0.1, 0.15) is 5.75 Å². The van der Waals surface area contributed by atoms with Crippen molar-refractivity contribution in [2.24, 2.45) is 0 Å². The Bertz CT molecular complexity index is 991. The standard InChI is InChI=1S/C18H21N3O6S/c1-4-20(28(25,26)16-8-9-17(27-3)13(2)10-16)12-18(22)19-14-6-5-7-15(11-14)21(23)24/h5-11H,4,12H2,1-3H3,(H,19,22). The summed E-state index contributed by atoms with van der Waals surface area (Å²) in [6, 6.07) is 9.88. The van der Waals surface area contributed by atoms with Gasteiger partial charge in [0, 0.05) is 24.4 Å². The normalized spacial score (nSPS) is 11.3. The minimum Gasteiger partial charge on any atom is -0.496 e. The van der Waals surface area contributed by atoms with Crippen molar-refractivity contribution in [2.45, 2.75) is 18.7 Å². The summed E-state index contributed by atoms with van der Waals surface area (Å²) in [4.78, 5) is 22.6. The number of likely N-dealkylation sites (N-methyl/N-ethyl adjacent to an activating group) is 1. The van der Waals surface area contributed by atoms with Crippen molar-refractivity contribution < 1.29 is 22.9 Å². The van der Waals surface area contributed by atoms with E-state index in [1.807, 2.05) is 0 Å². The summed E-state index contributed by atoms with van der Waals surface area (Å²) in [5.41, 5.74) is 0.695. The zero-order valence-corrected chi connectivity index (χ0v) is 16.5. The second kappa shape index (κ2) is 8.81. The van der Waals surface area contributed by atoms with Crippen molar-refractivity contribution in [1.82, 2.24) is 4.31 Å². The highest BCUT2D eigenvalue weighted by atomic mass is 32.2. The summed E-state index contributed by atoms with van der Waals surface area (Å²) in [5, 5.41) is 13.3. The molecule has 0 spiro atoms. The number of carbonyl (C=O) groups is 1. The molecule has 2 aromatic rings. The molecule has 0 aromatic heterocycles. The number of amides is 1. The first-order valence-electron chi connectivity index (χ1n) is 8.38. The highest BCUT2D eigenvalue weighted by Crippen LogP contribution is 2.24. The molecule has 0 aliphatic carbocycles. The van der Waals surface area contributed by atoms with Crippen molar-refractivity contribution >= 4 is 27.3 Å². The van der Waals surface area contributed by atoms with Crippen molar-refractivity contribution in [2.75, 3.05) is 25.5 Å². The van der Waals surface area contributed by atoms with Gasteiger partial charge in [-0.05, 0) is 36.8 Å². The Labute approximate surface area is 163 Å². The molecule has 0 aliphatic rings. The van der Waals surface area contributed by atoms with Crippen molar-refractivity contribution in [3.63, 3.8) is 0 Å². The topological polar surface area (TPSA) is 119 Å². The molecular weight excluding hydrogens is 386 g/mol. The van der Waals surface area contributed by atoms with Crippen LogP contribution in [0.25, 0.3) is 0 Å². The number of nitrogens with one attached hydrogen (secondary N) is 1. The number of nitro benzene ring substituents is 1. The van der Waals surface area contributed by atoms with E-state index < -0.39 is 27.4 Å². The molecule has 0 unspecified atom stereocenters. The Balaban J connectivity index is 2.18. The molecule has 0 heterocycles. The molecule has 0 aliphatic heterocycles. The molecule has 2 aromatic carbocycles. The molecule has 0 saturated carbocycles. The number of rotatable bonds is 8. The van der Waals surface area contributed by atoms with E-state index in [1.165, 1.54) is 43.5 Å². The van der Waals surface area contributed by atoms with Crippen LogP contribution in [0.2, 0.25) is 0 Å². The smallest absolute Gasteiger partial charge is 0.271 e. The van der Waals surface area contributed by atoms with Crippen molar-refractivity contribution in [3.8, 4) is 5.75 Å². The summed E-state index contributed by atoms with van der Waals surface area (Å²) in [5.74, 6) is -0.0402. The van der Waals surface area contributed by atoms with Gasteiger partial charge in [0.2, 0.25) is 15.9 Å². The van der Waals surface area contributed by atoms with Crippen LogP contribution in [0.3, 0.4) is 0 Å². The largest absolute Gasteiger partial charge is 0.496 e. The van der Waals surface area contributed by atoms with Crippen LogP contribution in [0, 0.1) is 17.0 Å². The number of nitro groups is 1. The average molecular weight is 407 g/mol. The second-order valence-corrected chi connectivity index (χ2v) is 7.86. The third-order valence-corrected chi connectivity index (χ3v) is 5.93. The summed E-state index contributed by atoms with van der Waals surface area (Å²) >= 11 is 0. The molecule has 1 N–H and O–H groups in total. The van der Waals surface area contributed by atoms with E-state index in [4.69, 9.17) is 4.74 Å². The van der Waals surface area contributed by atoms with Crippen molar-refractivity contribution in [1.29, 1.82) is 0 Å². The number of benzene rings is 2. The van der Waals surface area contributed by atoms with Crippen molar-refractivity contribution in [3.05, 3.63) is 58.1 Å². The number of nitrogens with zero attached hydrogens (tertiary/aromatic N) is 2. The monoisotopic (exact) mass is 407 g/mol. The highest BCUT2D eigenvalue weighted by molar-refractivity contribution is 7.89. The molecular formula is C18H21N3O6S. The first kappa shape index (κ1) is 21.3. The predicted octanol–water partition coefficient (Wildman–Crippen LogP) is 2.56. The number of methoxy groups -OCH3 is 1. The molecule has 150 valence electrons. The Morgan fingerprint density at radius 3 is 2.54 bits per heavy atom. The molecule has 28 heavy (non-hydrogen) atoms. The minimum absolute atomic E-state index is 0.0517. The third-order valence-electron chi connectivity index (χ3n) is 4.02. The first-order valence-corrected chi connectivity index (χ1v) is 9.82. The van der Waals surface area contributed by atoms with Crippen LogP contribution in [0.4, 0.5) is 11.4 Å². The van der Waals surface area contributed by atoms with E-state index in [9.17, 15) is 23.3 Å². The maximum atomic E-state index is 12.9. The molecule has 9 nitrogen and oxygen atoms in total. The fourth-order valence-corrected chi connectivity index (χ4v) is 4.08. The maximum Gasteiger partial charge on any atom is 0.271 e. The first-order chi connectivity index (χ1) is 13.2. The maximum absolute atomic E-state index is 12.9. The molecule has 0 saturated heterocycles. The Morgan fingerprint density at radius 2 is 1.96 bits per heavy atom. The van der Waals surface area contributed by atoms with Gasteiger partial charge in [-0.15, -0.1) is 0 Å². The SMILES string of the molecule is CCN(CC(=O)Nc1cccc([N+](=O)[O-])c1)S(=O)(=O)c1ccc(OC)c(C)c1. The average Bonchev–Trinajstić information content (AvgIpc) is 2.66. The van der Waals surface area contributed by atoms with Gasteiger partial charge in [0.25, 0.3) is 5.69 Å². The van der Waals surface area contributed by atoms with Gasteiger partial charge >= 0.3 is 0 Å². The number of anilines is 1. The lowest BCUT2D eigenvalue weighted by atomic mass is 10.2. The van der Waals surface area contributed by atoms with Crippen LogP contribution in [-0.2, 0) is 14.8 Å². The number of carbonyl (C=O) groups excluding carboxylic acids is 1. The fraction of sp³-hybridized carbons (Fsp3) is 0.278. The third kappa shape index (κ3) is 4.84. The predicted molar refractivity (Wildman–Crippen MR) is 104 cm³/mol. The second-order valence-electron chi connectivity index (χ2n) is 5.92. The highest BCUT2D eigenvalue weighted by Gasteiger charge is 2.26. The Morgan fingerprint density at radius 1 is 1.25 bits per heavy atom. The van der Waals surface area contributed by atoms with Crippen LogP contribution < -0.4 is 10.1 Å². The fourth-order valence-electron chi connectivity index (χ4n) is 2.59. The van der Waals surface area contributed by atoms with Gasteiger partial charge < -0.3 is 10.1 Å². The lowest BCUT2D eigenvalue weighted by Crippen LogP contribution is -2.37. The number of hydrogen-bond donors (Lipinski definition) is 1. The summed E-state index contributed by atoms with van der Waals surface area (Å²) in [6.45, 7) is 3.00. The zero-order chi connectivity index (χ0) is 20.9. The van der Waals surface area contributed by atoms with Crippen LogP contribution in [0.15, 0.2) is 47.4 Å². The van der Waals surface area contributed by atoms with Crippen LogP contribution in [0.5, 0.6) is 5.75 Å². The van der Waals surface area contributed by atoms with Gasteiger partial charge in [-0.2, -0.15) is 4.31 Å². The van der Waals surface area contributed by atoms with Gasteiger partial charge in [0.05, 0.1) is 23.5 Å². The zero-order valence-electron chi connectivity index (χ0n) is 15.7. The molecule has 10 heteroatoms. The van der Waals surface area contributed by atoms with E-state index >= 15 is 0 Å². The lowest BCUT2D eigenvalue weighted by Gasteiger charge is -2.20. The van der Waals surface area contributed by atoms with Crippen LogP contribution >= 0.6 is 0 Å². The van der Waals surface area contributed by atoms with Gasteiger partial charge in [-0.3, -0.25) is 14.9 Å². The van der Waals surface area contributed by atoms with Gasteiger partial charge in [-0.1, -0.05) is 13.0 Å². The van der Waals surface area contributed by atoms with E-state index in [0.717, 1.165) is 4.31 Å². The van der Waals surface area contributed by atoms with E-state index in [2.05, 4.69) is 5.32 Å². The molecule has 0 fully saturated rings. The molecule has 0 bridgehead atoms. The molecule has 0 atom stereocenters. The Kier molecular flexibility index (Phi) is 6.71. The molecule has 0 radical (unpaired) electrons. The number of sulfonamides is 1. The summed E-state index contributed by atoms with van der Waals surface area (Å²) in [6.07, 6.45) is 0.